The van der Waals surface area contributed by atoms with Crippen LogP contribution < -0.4 is 10.1 Å². The highest BCUT2D eigenvalue weighted by molar-refractivity contribution is 7.22. The van der Waals surface area contributed by atoms with Gasteiger partial charge in [-0.15, -0.1) is 0 Å². The second-order valence-corrected chi connectivity index (χ2v) is 7.37. The Morgan fingerprint density at radius 1 is 1.14 bits per heavy atom. The molecule has 0 unspecified atom stereocenters. The maximum atomic E-state index is 13.0. The molecule has 4 aromatic rings. The van der Waals surface area contributed by atoms with Gasteiger partial charge in [-0.25, -0.2) is 9.97 Å². The number of nitrogens with zero attached hydrogens (tertiary/aromatic N) is 3. The number of carbonyl (C=O) groups excluding carboxylic acids is 1. The van der Waals surface area contributed by atoms with Crippen molar-refractivity contribution in [3.05, 3.63) is 65.1 Å². The second kappa shape index (κ2) is 7.53. The molecule has 1 amide bonds. The van der Waals surface area contributed by atoms with E-state index in [2.05, 4.69) is 20.3 Å². The zero-order valence-electron chi connectivity index (χ0n) is 15.1. The van der Waals surface area contributed by atoms with E-state index in [0.717, 1.165) is 16.8 Å². The molecule has 0 bridgehead atoms. The molecule has 1 N–H and O–H groups in total. The normalized spacial score (nSPS) is 10.8. The number of amides is 1. The molecule has 1 aromatic carbocycles. The predicted molar refractivity (Wildman–Crippen MR) is 111 cm³/mol. The number of aromatic nitrogens is 3. The van der Waals surface area contributed by atoms with E-state index in [4.69, 9.17) is 16.3 Å². The quantitative estimate of drug-likeness (QED) is 0.480. The van der Waals surface area contributed by atoms with Crippen molar-refractivity contribution < 1.29 is 9.53 Å². The van der Waals surface area contributed by atoms with E-state index < -0.39 is 0 Å². The van der Waals surface area contributed by atoms with Gasteiger partial charge in [0.2, 0.25) is 0 Å². The van der Waals surface area contributed by atoms with E-state index >= 15 is 0 Å². The van der Waals surface area contributed by atoms with Gasteiger partial charge >= 0.3 is 0 Å². The summed E-state index contributed by atoms with van der Waals surface area (Å²) in [4.78, 5) is 26.6. The first-order valence-corrected chi connectivity index (χ1v) is 9.59. The summed E-state index contributed by atoms with van der Waals surface area (Å²) < 4.78 is 5.46. The Bertz CT molecular complexity index is 1190. The van der Waals surface area contributed by atoms with Gasteiger partial charge in [-0.05, 0) is 31.2 Å². The Labute approximate surface area is 170 Å². The van der Waals surface area contributed by atoms with Crippen molar-refractivity contribution >= 4 is 44.3 Å². The summed E-state index contributed by atoms with van der Waals surface area (Å²) in [7, 11) is 1.60. The molecule has 0 radical (unpaired) electrons. The number of rotatable bonds is 4. The molecule has 0 saturated heterocycles. The first kappa shape index (κ1) is 18.3. The summed E-state index contributed by atoms with van der Waals surface area (Å²) in [6.45, 7) is 1.88. The fourth-order valence-electron chi connectivity index (χ4n) is 2.84. The van der Waals surface area contributed by atoms with Crippen LogP contribution in [0.1, 0.15) is 16.1 Å². The van der Waals surface area contributed by atoms with Crippen molar-refractivity contribution in [2.75, 3.05) is 12.4 Å². The molecule has 3 aromatic heterocycles. The van der Waals surface area contributed by atoms with E-state index in [1.165, 1.54) is 11.3 Å². The third-order valence-corrected chi connectivity index (χ3v) is 5.22. The van der Waals surface area contributed by atoms with E-state index in [-0.39, 0.29) is 5.91 Å². The average molecular weight is 411 g/mol. The number of pyridine rings is 2. The molecule has 0 fully saturated rings. The molecule has 0 saturated carbocycles. The molecule has 3 heterocycles. The van der Waals surface area contributed by atoms with Crippen LogP contribution in [0.4, 0.5) is 5.13 Å². The Hall–Kier alpha value is -3.03. The van der Waals surface area contributed by atoms with Crippen LogP contribution in [0, 0.1) is 6.92 Å². The third kappa shape index (κ3) is 3.54. The smallest absolute Gasteiger partial charge is 0.259 e. The van der Waals surface area contributed by atoms with Crippen LogP contribution in [-0.2, 0) is 0 Å². The number of aryl methyl sites for hydroxylation is 1. The maximum Gasteiger partial charge on any atom is 0.259 e. The van der Waals surface area contributed by atoms with Gasteiger partial charge in [-0.3, -0.25) is 15.1 Å². The summed E-state index contributed by atoms with van der Waals surface area (Å²) in [5.74, 6) is 0.375. The monoisotopic (exact) mass is 410 g/mol. The number of para-hydroxylation sites is 1. The number of ether oxygens (including phenoxy) is 1. The number of carbonyl (C=O) groups is 1. The largest absolute Gasteiger partial charge is 0.496 e. The Kier molecular flexibility index (Phi) is 4.93. The lowest BCUT2D eigenvalue weighted by atomic mass is 9.99. The van der Waals surface area contributed by atoms with Crippen molar-refractivity contribution in [3.63, 3.8) is 0 Å². The van der Waals surface area contributed by atoms with Crippen LogP contribution in [0.2, 0.25) is 5.15 Å². The molecule has 0 spiro atoms. The van der Waals surface area contributed by atoms with Crippen LogP contribution >= 0.6 is 22.9 Å². The van der Waals surface area contributed by atoms with Gasteiger partial charge in [0.15, 0.2) is 5.13 Å². The third-order valence-electron chi connectivity index (χ3n) is 4.12. The average Bonchev–Trinajstić information content (AvgIpc) is 3.09. The number of thiazole rings is 1. The van der Waals surface area contributed by atoms with Crippen molar-refractivity contribution in [1.82, 2.24) is 15.0 Å². The second-order valence-electron chi connectivity index (χ2n) is 6.00. The highest BCUT2D eigenvalue weighted by Gasteiger charge is 2.18. The van der Waals surface area contributed by atoms with Crippen LogP contribution in [0.25, 0.3) is 21.5 Å². The molecule has 28 heavy (non-hydrogen) atoms. The van der Waals surface area contributed by atoms with Gasteiger partial charge < -0.3 is 4.74 Å². The topological polar surface area (TPSA) is 77.0 Å². The molecule has 8 heteroatoms. The number of hydrogen-bond donors (Lipinski definition) is 1. The van der Waals surface area contributed by atoms with Gasteiger partial charge in [-0.2, -0.15) is 0 Å². The zero-order valence-corrected chi connectivity index (χ0v) is 16.6. The first-order chi connectivity index (χ1) is 13.5. The lowest BCUT2D eigenvalue weighted by Gasteiger charge is -2.13. The molecule has 4 rings (SSSR count). The summed E-state index contributed by atoms with van der Waals surface area (Å²) in [5.41, 5.74) is 3.47. The highest BCUT2D eigenvalue weighted by atomic mass is 35.5. The highest BCUT2D eigenvalue weighted by Crippen LogP contribution is 2.33. The van der Waals surface area contributed by atoms with Crippen molar-refractivity contribution in [3.8, 4) is 16.9 Å². The summed E-state index contributed by atoms with van der Waals surface area (Å²) in [6.07, 6.45) is 1.56. The number of benzene rings is 1. The molecular weight excluding hydrogens is 396 g/mol. The number of halogens is 1. The standard InChI is InChI=1S/C20H15ClN4O2S/c1-11-9-13(12-5-3-4-6-16(12)27-2)14(10-22-11)18(26)25-20-23-15-7-8-17(21)24-19(15)28-20/h3-10H,1-2H3,(H,23,25,26). The minimum Gasteiger partial charge on any atom is -0.496 e. The number of anilines is 1. The number of hydrogen-bond acceptors (Lipinski definition) is 6. The lowest BCUT2D eigenvalue weighted by molar-refractivity contribution is 0.102. The Balaban J connectivity index is 1.73. The van der Waals surface area contributed by atoms with Crippen LogP contribution in [0.3, 0.4) is 0 Å². The number of nitrogens with one attached hydrogen (secondary N) is 1. The molecule has 0 aliphatic heterocycles. The fourth-order valence-corrected chi connectivity index (χ4v) is 3.87. The minimum atomic E-state index is -0.307. The molecule has 0 aliphatic carbocycles. The van der Waals surface area contributed by atoms with Crippen LogP contribution in [0.15, 0.2) is 48.7 Å². The molecule has 0 aliphatic rings. The molecular formula is C20H15ClN4O2S. The Morgan fingerprint density at radius 2 is 1.96 bits per heavy atom. The van der Waals surface area contributed by atoms with Gasteiger partial charge in [0.05, 0.1) is 12.7 Å². The van der Waals surface area contributed by atoms with Crippen LogP contribution in [0.5, 0.6) is 5.75 Å². The van der Waals surface area contributed by atoms with E-state index in [0.29, 0.717) is 31.9 Å². The predicted octanol–water partition coefficient (Wildman–Crippen LogP) is 4.98. The van der Waals surface area contributed by atoms with E-state index in [1.807, 2.05) is 37.3 Å². The van der Waals surface area contributed by atoms with Crippen molar-refractivity contribution in [2.45, 2.75) is 6.92 Å². The minimum absolute atomic E-state index is 0.307. The number of methoxy groups -OCH3 is 1. The SMILES string of the molecule is COc1ccccc1-c1cc(C)ncc1C(=O)Nc1nc2ccc(Cl)nc2s1. The van der Waals surface area contributed by atoms with Gasteiger partial charge in [0.1, 0.15) is 21.2 Å². The molecule has 140 valence electrons. The van der Waals surface area contributed by atoms with Crippen LogP contribution in [-0.4, -0.2) is 28.0 Å². The Morgan fingerprint density at radius 3 is 2.79 bits per heavy atom. The van der Waals surface area contributed by atoms with Crippen molar-refractivity contribution in [1.29, 1.82) is 0 Å². The molecule has 0 atom stereocenters. The van der Waals surface area contributed by atoms with Gasteiger partial charge in [0, 0.05) is 23.0 Å². The lowest BCUT2D eigenvalue weighted by Crippen LogP contribution is -2.14. The maximum absolute atomic E-state index is 13.0. The fraction of sp³-hybridized carbons (Fsp3) is 0.100. The summed E-state index contributed by atoms with van der Waals surface area (Å²) >= 11 is 7.19. The first-order valence-electron chi connectivity index (χ1n) is 8.39. The van der Waals surface area contributed by atoms with E-state index in [9.17, 15) is 4.79 Å². The summed E-state index contributed by atoms with van der Waals surface area (Å²) in [6, 6.07) is 12.9. The van der Waals surface area contributed by atoms with Crippen molar-refractivity contribution in [2.24, 2.45) is 0 Å². The van der Waals surface area contributed by atoms with Gasteiger partial charge in [-0.1, -0.05) is 41.1 Å². The summed E-state index contributed by atoms with van der Waals surface area (Å²) in [5, 5.41) is 3.67. The molecule has 6 nitrogen and oxygen atoms in total. The number of fused-ring (bicyclic) bond motifs is 1. The van der Waals surface area contributed by atoms with E-state index in [1.54, 1.807) is 25.4 Å². The zero-order chi connectivity index (χ0) is 19.7. The van der Waals surface area contributed by atoms with Gasteiger partial charge in [0.25, 0.3) is 5.91 Å².